The zero-order chi connectivity index (χ0) is 19.3. The van der Waals surface area contributed by atoms with E-state index in [4.69, 9.17) is 9.72 Å². The molecule has 6 heteroatoms. The Hall–Kier alpha value is -2.47. The number of fused-ring (bicyclic) bond motifs is 3. The molecule has 0 saturated heterocycles. The van der Waals surface area contributed by atoms with Crippen molar-refractivity contribution in [2.24, 2.45) is 10.9 Å². The van der Waals surface area contributed by atoms with Crippen LogP contribution in [0, 0.1) is 19.8 Å². The Kier molecular flexibility index (Phi) is 4.38. The van der Waals surface area contributed by atoms with Crippen LogP contribution in [0.25, 0.3) is 11.0 Å². The molecule has 0 aliphatic carbocycles. The summed E-state index contributed by atoms with van der Waals surface area (Å²) in [7, 11) is 1.42. The minimum atomic E-state index is -0.504. The van der Waals surface area contributed by atoms with Gasteiger partial charge in [0.25, 0.3) is 0 Å². The van der Waals surface area contributed by atoms with E-state index >= 15 is 0 Å². The van der Waals surface area contributed by atoms with Gasteiger partial charge in [-0.25, -0.2) is 9.98 Å². The zero-order valence-corrected chi connectivity index (χ0v) is 17.2. The SMILES string of the molecule is COC(=O)C1C(C)=Nc2nc3cc(C)c(C)cc3n2C1c1cccc(Br)c1. The maximum absolute atomic E-state index is 12.7. The van der Waals surface area contributed by atoms with Gasteiger partial charge in [-0.15, -0.1) is 0 Å². The van der Waals surface area contributed by atoms with Crippen LogP contribution < -0.4 is 0 Å². The van der Waals surface area contributed by atoms with Gasteiger partial charge in [0.15, 0.2) is 0 Å². The van der Waals surface area contributed by atoms with Gasteiger partial charge in [-0.3, -0.25) is 9.36 Å². The molecule has 0 bridgehead atoms. The van der Waals surface area contributed by atoms with E-state index < -0.39 is 5.92 Å². The average Bonchev–Trinajstić information content (AvgIpc) is 2.97. The summed E-state index contributed by atoms with van der Waals surface area (Å²) in [6.45, 7) is 6.02. The maximum atomic E-state index is 12.7. The number of rotatable bonds is 2. The number of carbonyl (C=O) groups excluding carboxylic acids is 1. The molecule has 3 aromatic rings. The number of halogens is 1. The van der Waals surface area contributed by atoms with E-state index in [1.165, 1.54) is 18.2 Å². The van der Waals surface area contributed by atoms with Gasteiger partial charge in [-0.2, -0.15) is 0 Å². The molecule has 5 nitrogen and oxygen atoms in total. The van der Waals surface area contributed by atoms with Crippen molar-refractivity contribution in [3.63, 3.8) is 0 Å². The first-order valence-electron chi connectivity index (χ1n) is 8.78. The lowest BCUT2D eigenvalue weighted by atomic mass is 9.88. The molecule has 1 aliphatic rings. The largest absolute Gasteiger partial charge is 0.468 e. The monoisotopic (exact) mass is 425 g/mol. The van der Waals surface area contributed by atoms with Crippen molar-refractivity contribution in [1.82, 2.24) is 9.55 Å². The summed E-state index contributed by atoms with van der Waals surface area (Å²) in [5.41, 5.74) is 5.94. The third kappa shape index (κ3) is 2.88. The standard InChI is InChI=1S/C21H20BrN3O2/c1-11-8-16-17(9-12(11)2)25-19(14-6-5-7-15(22)10-14)18(20(26)27-4)13(3)23-21(25)24-16/h5-10,18-19H,1-4H3. The van der Waals surface area contributed by atoms with Gasteiger partial charge in [0.05, 0.1) is 24.2 Å². The molecule has 0 amide bonds. The lowest BCUT2D eigenvalue weighted by Gasteiger charge is -2.31. The van der Waals surface area contributed by atoms with E-state index in [0.29, 0.717) is 11.7 Å². The molecule has 1 aromatic heterocycles. The number of hydrogen-bond acceptors (Lipinski definition) is 4. The predicted molar refractivity (Wildman–Crippen MR) is 110 cm³/mol. The highest BCUT2D eigenvalue weighted by molar-refractivity contribution is 9.10. The van der Waals surface area contributed by atoms with Crippen LogP contribution in [0.1, 0.15) is 29.7 Å². The summed E-state index contributed by atoms with van der Waals surface area (Å²) in [6.07, 6.45) is 0. The second-order valence-electron chi connectivity index (χ2n) is 6.96. The van der Waals surface area contributed by atoms with Crippen LogP contribution in [-0.4, -0.2) is 28.3 Å². The first kappa shape index (κ1) is 17.9. The number of ether oxygens (including phenoxy) is 1. The first-order chi connectivity index (χ1) is 12.9. The van der Waals surface area contributed by atoms with Crippen molar-refractivity contribution in [2.75, 3.05) is 7.11 Å². The van der Waals surface area contributed by atoms with E-state index in [-0.39, 0.29) is 12.0 Å². The van der Waals surface area contributed by atoms with Crippen molar-refractivity contribution in [3.05, 3.63) is 57.6 Å². The number of carbonyl (C=O) groups is 1. The number of benzene rings is 2. The van der Waals surface area contributed by atoms with E-state index in [2.05, 4.69) is 51.5 Å². The normalized spacial score (nSPS) is 18.9. The Bertz CT molecular complexity index is 1100. The third-order valence-electron chi connectivity index (χ3n) is 5.25. The van der Waals surface area contributed by atoms with Crippen LogP contribution in [-0.2, 0) is 9.53 Å². The van der Waals surface area contributed by atoms with Crippen LogP contribution in [0.4, 0.5) is 5.95 Å². The van der Waals surface area contributed by atoms with Crippen molar-refractivity contribution in [3.8, 4) is 0 Å². The Labute approximate surface area is 166 Å². The van der Waals surface area contributed by atoms with Crippen LogP contribution in [0.5, 0.6) is 0 Å². The Morgan fingerprint density at radius 1 is 1.15 bits per heavy atom. The number of esters is 1. The van der Waals surface area contributed by atoms with Gasteiger partial charge < -0.3 is 4.74 Å². The minimum Gasteiger partial charge on any atom is -0.468 e. The molecule has 2 heterocycles. The van der Waals surface area contributed by atoms with Crippen LogP contribution in [0.15, 0.2) is 45.9 Å². The highest BCUT2D eigenvalue weighted by atomic mass is 79.9. The summed E-state index contributed by atoms with van der Waals surface area (Å²) in [5.74, 6) is -0.175. The molecule has 0 N–H and O–H groups in total. The van der Waals surface area contributed by atoms with Crippen molar-refractivity contribution >= 4 is 44.6 Å². The number of nitrogens with zero attached hydrogens (tertiary/aromatic N) is 3. The lowest BCUT2D eigenvalue weighted by Crippen LogP contribution is -2.36. The summed E-state index contributed by atoms with van der Waals surface area (Å²) in [5, 5.41) is 0. The number of imidazole rings is 1. The van der Waals surface area contributed by atoms with Crippen molar-refractivity contribution < 1.29 is 9.53 Å². The Balaban J connectivity index is 2.05. The molecule has 4 rings (SSSR count). The van der Waals surface area contributed by atoms with Gasteiger partial charge >= 0.3 is 5.97 Å². The van der Waals surface area contributed by atoms with Gasteiger partial charge in [0, 0.05) is 10.2 Å². The molecule has 0 fully saturated rings. The van der Waals surface area contributed by atoms with Gasteiger partial charge in [0.1, 0.15) is 5.92 Å². The molecule has 2 aromatic carbocycles. The Morgan fingerprint density at radius 2 is 1.89 bits per heavy atom. The van der Waals surface area contributed by atoms with Gasteiger partial charge in [-0.05, 0) is 61.7 Å². The molecular formula is C21H20BrN3O2. The first-order valence-corrected chi connectivity index (χ1v) is 9.57. The smallest absolute Gasteiger partial charge is 0.316 e. The fourth-order valence-electron chi connectivity index (χ4n) is 3.75. The van der Waals surface area contributed by atoms with E-state index in [9.17, 15) is 4.79 Å². The van der Waals surface area contributed by atoms with Gasteiger partial charge in [-0.1, -0.05) is 28.1 Å². The second kappa shape index (κ2) is 6.60. The number of aryl methyl sites for hydroxylation is 2. The fraction of sp³-hybridized carbons (Fsp3) is 0.286. The molecule has 138 valence electrons. The topological polar surface area (TPSA) is 56.5 Å². The van der Waals surface area contributed by atoms with Gasteiger partial charge in [0.2, 0.25) is 5.95 Å². The van der Waals surface area contributed by atoms with Crippen LogP contribution in [0.3, 0.4) is 0 Å². The summed E-state index contributed by atoms with van der Waals surface area (Å²) in [6, 6.07) is 11.9. The Morgan fingerprint density at radius 3 is 2.59 bits per heavy atom. The van der Waals surface area contributed by atoms with E-state index in [1.54, 1.807) is 0 Å². The number of aromatic nitrogens is 2. The molecule has 0 spiro atoms. The number of methoxy groups -OCH3 is 1. The molecule has 27 heavy (non-hydrogen) atoms. The number of aliphatic imine (C=N–C) groups is 1. The highest BCUT2D eigenvalue weighted by Crippen LogP contribution is 2.41. The molecule has 2 atom stereocenters. The summed E-state index contributed by atoms with van der Waals surface area (Å²) >= 11 is 3.55. The van der Waals surface area contributed by atoms with Crippen molar-refractivity contribution in [2.45, 2.75) is 26.8 Å². The third-order valence-corrected chi connectivity index (χ3v) is 5.75. The highest BCUT2D eigenvalue weighted by Gasteiger charge is 2.39. The second-order valence-corrected chi connectivity index (χ2v) is 7.88. The summed E-state index contributed by atoms with van der Waals surface area (Å²) < 4.78 is 8.15. The molecule has 0 saturated carbocycles. The fourth-order valence-corrected chi connectivity index (χ4v) is 4.17. The quantitative estimate of drug-likeness (QED) is 0.548. The maximum Gasteiger partial charge on any atom is 0.316 e. The minimum absolute atomic E-state index is 0.269. The van der Waals surface area contributed by atoms with E-state index in [1.807, 2.05) is 31.2 Å². The predicted octanol–water partition coefficient (Wildman–Crippen LogP) is 4.90. The molecular weight excluding hydrogens is 406 g/mol. The lowest BCUT2D eigenvalue weighted by molar-refractivity contribution is -0.144. The zero-order valence-electron chi connectivity index (χ0n) is 15.7. The van der Waals surface area contributed by atoms with E-state index in [0.717, 1.165) is 21.1 Å². The number of hydrogen-bond donors (Lipinski definition) is 0. The average molecular weight is 426 g/mol. The van der Waals surface area contributed by atoms with Crippen LogP contribution in [0.2, 0.25) is 0 Å². The molecule has 1 aliphatic heterocycles. The van der Waals surface area contributed by atoms with Crippen molar-refractivity contribution in [1.29, 1.82) is 0 Å². The van der Waals surface area contributed by atoms with Crippen LogP contribution >= 0.6 is 15.9 Å². The molecule has 0 radical (unpaired) electrons. The molecule has 2 unspecified atom stereocenters. The summed E-state index contributed by atoms with van der Waals surface area (Å²) in [4.78, 5) is 22.1.